The number of nitrogens with zero attached hydrogens (tertiary/aromatic N) is 1. The van der Waals surface area contributed by atoms with Crippen LogP contribution in [0.5, 0.6) is 5.75 Å². The highest BCUT2D eigenvalue weighted by molar-refractivity contribution is 5.91. The van der Waals surface area contributed by atoms with Crippen LogP contribution in [0.4, 0.5) is 5.82 Å². The van der Waals surface area contributed by atoms with Crippen LogP contribution in [-0.2, 0) is 0 Å². The Bertz CT molecular complexity index is 943. The molecule has 0 saturated heterocycles. The zero-order valence-electron chi connectivity index (χ0n) is 14.2. The van der Waals surface area contributed by atoms with Crippen LogP contribution in [0.25, 0.3) is 22.0 Å². The Morgan fingerprint density at radius 3 is 2.72 bits per heavy atom. The zero-order valence-corrected chi connectivity index (χ0v) is 14.2. The van der Waals surface area contributed by atoms with Crippen molar-refractivity contribution in [1.82, 2.24) is 9.97 Å². The molecule has 1 aliphatic rings. The second-order valence-corrected chi connectivity index (χ2v) is 6.34. The van der Waals surface area contributed by atoms with E-state index in [1.807, 2.05) is 37.3 Å². The van der Waals surface area contributed by atoms with Gasteiger partial charge in [0.05, 0.1) is 17.5 Å². The molecule has 1 saturated carbocycles. The van der Waals surface area contributed by atoms with Crippen molar-refractivity contribution in [1.29, 1.82) is 0 Å². The van der Waals surface area contributed by atoms with E-state index in [1.54, 1.807) is 12.4 Å². The molecule has 0 spiro atoms. The first-order valence-corrected chi connectivity index (χ1v) is 8.76. The minimum absolute atomic E-state index is 0.00664. The predicted octanol–water partition coefficient (Wildman–Crippen LogP) is 3.95. The Labute approximate surface area is 146 Å². The molecule has 25 heavy (non-hydrogen) atoms. The van der Waals surface area contributed by atoms with E-state index in [4.69, 9.17) is 4.74 Å². The fraction of sp³-hybridized carbons (Fsp3) is 0.300. The fourth-order valence-corrected chi connectivity index (χ4v) is 3.13. The molecule has 0 atom stereocenters. The number of hydrogen-bond donors (Lipinski definition) is 2. The van der Waals surface area contributed by atoms with Gasteiger partial charge in [-0.05, 0) is 49.9 Å². The van der Waals surface area contributed by atoms with Crippen LogP contribution in [0.15, 0.2) is 47.5 Å². The molecule has 2 N–H and O–H groups in total. The van der Waals surface area contributed by atoms with E-state index >= 15 is 0 Å². The lowest BCUT2D eigenvalue weighted by atomic mass is 9.93. The van der Waals surface area contributed by atoms with Gasteiger partial charge in [-0.2, -0.15) is 0 Å². The zero-order chi connectivity index (χ0) is 17.2. The number of nitrogens with one attached hydrogen (secondary N) is 2. The molecule has 0 bridgehead atoms. The lowest BCUT2D eigenvalue weighted by molar-refractivity contribution is 0.340. The van der Waals surface area contributed by atoms with Crippen molar-refractivity contribution in [2.24, 2.45) is 0 Å². The highest BCUT2D eigenvalue weighted by Crippen LogP contribution is 2.27. The third-order valence-electron chi connectivity index (χ3n) is 4.72. The number of aromatic amines is 1. The van der Waals surface area contributed by atoms with Gasteiger partial charge >= 0.3 is 0 Å². The van der Waals surface area contributed by atoms with Crippen LogP contribution in [0, 0.1) is 0 Å². The SMILES string of the molecule is CCOc1ccc(-c2c[nH]c3ccnc(NC4CCC4)c3c2=O)cc1. The molecule has 2 heterocycles. The summed E-state index contributed by atoms with van der Waals surface area (Å²) in [5, 5.41) is 4.04. The van der Waals surface area contributed by atoms with Crippen molar-refractivity contribution in [3.8, 4) is 16.9 Å². The first kappa shape index (κ1) is 15.7. The fourth-order valence-electron chi connectivity index (χ4n) is 3.13. The van der Waals surface area contributed by atoms with Crippen LogP contribution in [-0.4, -0.2) is 22.6 Å². The number of pyridine rings is 2. The first-order valence-electron chi connectivity index (χ1n) is 8.76. The highest BCUT2D eigenvalue weighted by Gasteiger charge is 2.20. The van der Waals surface area contributed by atoms with E-state index in [2.05, 4.69) is 15.3 Å². The Hall–Kier alpha value is -2.82. The Kier molecular flexibility index (Phi) is 4.14. The number of H-pyrrole nitrogens is 1. The summed E-state index contributed by atoms with van der Waals surface area (Å²) in [5.41, 5.74) is 2.30. The van der Waals surface area contributed by atoms with Crippen molar-refractivity contribution in [3.05, 3.63) is 52.9 Å². The summed E-state index contributed by atoms with van der Waals surface area (Å²) in [6.07, 6.45) is 7.00. The molecule has 5 heteroatoms. The first-order chi connectivity index (χ1) is 12.3. The molecule has 5 nitrogen and oxygen atoms in total. The van der Waals surface area contributed by atoms with Gasteiger partial charge in [0, 0.05) is 24.0 Å². The molecule has 1 aromatic carbocycles. The van der Waals surface area contributed by atoms with E-state index in [9.17, 15) is 4.79 Å². The van der Waals surface area contributed by atoms with E-state index in [0.717, 1.165) is 29.7 Å². The normalized spacial score (nSPS) is 14.3. The molecule has 3 aromatic rings. The summed E-state index contributed by atoms with van der Waals surface area (Å²) >= 11 is 0. The summed E-state index contributed by atoms with van der Waals surface area (Å²) in [7, 11) is 0. The van der Waals surface area contributed by atoms with Crippen molar-refractivity contribution < 1.29 is 4.74 Å². The van der Waals surface area contributed by atoms with Crippen molar-refractivity contribution >= 4 is 16.7 Å². The highest BCUT2D eigenvalue weighted by atomic mass is 16.5. The van der Waals surface area contributed by atoms with Gasteiger partial charge in [-0.25, -0.2) is 4.98 Å². The molecule has 1 fully saturated rings. The molecular weight excluding hydrogens is 314 g/mol. The second kappa shape index (κ2) is 6.59. The van der Waals surface area contributed by atoms with Crippen molar-refractivity contribution in [2.75, 3.05) is 11.9 Å². The smallest absolute Gasteiger partial charge is 0.200 e. The number of rotatable bonds is 5. The minimum atomic E-state index is -0.00664. The second-order valence-electron chi connectivity index (χ2n) is 6.34. The van der Waals surface area contributed by atoms with Gasteiger partial charge < -0.3 is 15.0 Å². The molecule has 4 rings (SSSR count). The Balaban J connectivity index is 1.78. The van der Waals surface area contributed by atoms with E-state index < -0.39 is 0 Å². The number of fused-ring (bicyclic) bond motifs is 1. The summed E-state index contributed by atoms with van der Waals surface area (Å²) in [5.74, 6) is 1.48. The monoisotopic (exact) mass is 335 g/mol. The van der Waals surface area contributed by atoms with Crippen LogP contribution in [0.1, 0.15) is 26.2 Å². The van der Waals surface area contributed by atoms with Crippen LogP contribution >= 0.6 is 0 Å². The molecule has 0 unspecified atom stereocenters. The van der Waals surface area contributed by atoms with Gasteiger partial charge in [0.25, 0.3) is 0 Å². The maximum absolute atomic E-state index is 13.1. The van der Waals surface area contributed by atoms with Gasteiger partial charge in [-0.15, -0.1) is 0 Å². The molecular formula is C20H21N3O2. The summed E-state index contributed by atoms with van der Waals surface area (Å²) < 4.78 is 5.47. The number of hydrogen-bond acceptors (Lipinski definition) is 4. The number of aromatic nitrogens is 2. The maximum Gasteiger partial charge on any atom is 0.200 e. The quantitative estimate of drug-likeness (QED) is 0.741. The number of benzene rings is 1. The van der Waals surface area contributed by atoms with E-state index in [-0.39, 0.29) is 5.43 Å². The molecule has 0 amide bonds. The van der Waals surface area contributed by atoms with Gasteiger partial charge in [-0.1, -0.05) is 12.1 Å². The average molecular weight is 335 g/mol. The third kappa shape index (κ3) is 2.97. The molecule has 128 valence electrons. The molecule has 1 aliphatic carbocycles. The van der Waals surface area contributed by atoms with Gasteiger partial charge in [0.2, 0.25) is 5.43 Å². The standard InChI is InChI=1S/C20H21N3O2/c1-2-25-15-8-6-13(7-9-15)16-12-22-17-10-11-21-20(18(17)19(16)24)23-14-4-3-5-14/h6-12,14H,2-5H2,1H3,(H,21,23)(H,22,24). The van der Waals surface area contributed by atoms with E-state index in [1.165, 1.54) is 6.42 Å². The van der Waals surface area contributed by atoms with Crippen molar-refractivity contribution in [2.45, 2.75) is 32.2 Å². The summed E-state index contributed by atoms with van der Waals surface area (Å²) in [6.45, 7) is 2.57. The minimum Gasteiger partial charge on any atom is -0.494 e. The molecule has 0 radical (unpaired) electrons. The van der Waals surface area contributed by atoms with Gasteiger partial charge in [0.1, 0.15) is 11.6 Å². The Morgan fingerprint density at radius 1 is 1.24 bits per heavy atom. The van der Waals surface area contributed by atoms with Crippen LogP contribution < -0.4 is 15.5 Å². The lowest BCUT2D eigenvalue weighted by Gasteiger charge is -2.27. The molecule has 2 aromatic heterocycles. The third-order valence-corrected chi connectivity index (χ3v) is 4.72. The largest absolute Gasteiger partial charge is 0.494 e. The number of anilines is 1. The van der Waals surface area contributed by atoms with Gasteiger partial charge in [-0.3, -0.25) is 4.79 Å². The average Bonchev–Trinajstić information content (AvgIpc) is 2.60. The van der Waals surface area contributed by atoms with Crippen molar-refractivity contribution in [3.63, 3.8) is 0 Å². The lowest BCUT2D eigenvalue weighted by Crippen LogP contribution is -2.28. The number of ether oxygens (including phenoxy) is 1. The predicted molar refractivity (Wildman–Crippen MR) is 100 cm³/mol. The summed E-state index contributed by atoms with van der Waals surface area (Å²) in [6, 6.07) is 9.86. The Morgan fingerprint density at radius 2 is 2.04 bits per heavy atom. The maximum atomic E-state index is 13.1. The van der Waals surface area contributed by atoms with E-state index in [0.29, 0.717) is 29.4 Å². The van der Waals surface area contributed by atoms with Crippen LogP contribution in [0.2, 0.25) is 0 Å². The molecule has 0 aliphatic heterocycles. The topological polar surface area (TPSA) is 67.0 Å². The van der Waals surface area contributed by atoms with Gasteiger partial charge in [0.15, 0.2) is 0 Å². The van der Waals surface area contributed by atoms with Crippen LogP contribution in [0.3, 0.4) is 0 Å². The summed E-state index contributed by atoms with van der Waals surface area (Å²) in [4.78, 5) is 20.8.